The summed E-state index contributed by atoms with van der Waals surface area (Å²) in [5.41, 5.74) is 1.73. The first-order chi connectivity index (χ1) is 9.32. The minimum Gasteiger partial charge on any atom is -0.309 e. The van der Waals surface area contributed by atoms with Gasteiger partial charge in [0.05, 0.1) is 6.04 Å². The molecule has 1 N–H and O–H groups in total. The molecule has 1 aromatic carbocycles. The first kappa shape index (κ1) is 15.3. The molecule has 0 saturated carbocycles. The largest absolute Gasteiger partial charge is 0.443 e. The van der Waals surface area contributed by atoms with Crippen LogP contribution in [0.15, 0.2) is 24.4 Å². The highest BCUT2D eigenvalue weighted by Crippen LogP contribution is 2.37. The highest BCUT2D eigenvalue weighted by molar-refractivity contribution is 7.11. The Kier molecular flexibility index (Phi) is 4.36. The van der Waals surface area contributed by atoms with Crippen molar-refractivity contribution in [1.29, 1.82) is 0 Å². The summed E-state index contributed by atoms with van der Waals surface area (Å²) >= 11 is 6.79. The van der Waals surface area contributed by atoms with Crippen molar-refractivity contribution in [3.8, 4) is 0 Å². The van der Waals surface area contributed by atoms with E-state index in [9.17, 15) is 13.2 Å². The molecule has 2 aromatic rings. The van der Waals surface area contributed by atoms with Gasteiger partial charge in [-0.2, -0.15) is 13.2 Å². The molecule has 0 spiro atoms. The van der Waals surface area contributed by atoms with Gasteiger partial charge in [-0.25, -0.2) is 4.98 Å². The topological polar surface area (TPSA) is 24.9 Å². The first-order valence-electron chi connectivity index (χ1n) is 5.79. The predicted molar refractivity (Wildman–Crippen MR) is 74.2 cm³/mol. The van der Waals surface area contributed by atoms with E-state index in [2.05, 4.69) is 10.3 Å². The number of thiazole rings is 1. The first-order valence-corrected chi connectivity index (χ1v) is 6.98. The maximum Gasteiger partial charge on any atom is 0.443 e. The molecule has 0 fully saturated rings. The van der Waals surface area contributed by atoms with Crippen molar-refractivity contribution in [2.24, 2.45) is 0 Å². The van der Waals surface area contributed by atoms with Crippen LogP contribution in [0.4, 0.5) is 13.2 Å². The van der Waals surface area contributed by atoms with E-state index in [4.69, 9.17) is 11.6 Å². The second-order valence-corrected chi connectivity index (χ2v) is 5.78. The average Bonchev–Trinajstić information content (AvgIpc) is 2.82. The quantitative estimate of drug-likeness (QED) is 0.904. The molecule has 7 heteroatoms. The van der Waals surface area contributed by atoms with Crippen molar-refractivity contribution < 1.29 is 13.2 Å². The molecule has 20 heavy (non-hydrogen) atoms. The van der Waals surface area contributed by atoms with Crippen LogP contribution in [0.25, 0.3) is 0 Å². The highest BCUT2D eigenvalue weighted by Gasteiger charge is 2.35. The molecular formula is C13H12ClF3N2S. The second kappa shape index (κ2) is 5.71. The third-order valence-electron chi connectivity index (χ3n) is 2.81. The molecule has 1 aromatic heterocycles. The number of benzene rings is 1. The number of hydrogen-bond donors (Lipinski definition) is 1. The zero-order valence-electron chi connectivity index (χ0n) is 10.8. The molecule has 0 aliphatic rings. The lowest BCUT2D eigenvalue weighted by Gasteiger charge is -2.16. The summed E-state index contributed by atoms with van der Waals surface area (Å²) in [5, 5.41) is 2.65. The molecule has 1 heterocycles. The van der Waals surface area contributed by atoms with E-state index >= 15 is 0 Å². The molecule has 1 unspecified atom stereocenters. The van der Waals surface area contributed by atoms with Crippen molar-refractivity contribution in [1.82, 2.24) is 10.3 Å². The van der Waals surface area contributed by atoms with Crippen LogP contribution in [-0.2, 0) is 6.18 Å². The molecule has 0 saturated heterocycles. The molecule has 0 bridgehead atoms. The van der Waals surface area contributed by atoms with Gasteiger partial charge in [-0.1, -0.05) is 23.7 Å². The number of halogens is 4. The second-order valence-electron chi connectivity index (χ2n) is 4.31. The Balaban J connectivity index is 2.40. The van der Waals surface area contributed by atoms with E-state index in [-0.39, 0.29) is 0 Å². The number of aryl methyl sites for hydroxylation is 1. The maximum atomic E-state index is 12.6. The Bertz CT molecular complexity index is 610. The number of rotatable bonds is 3. The van der Waals surface area contributed by atoms with Crippen LogP contribution in [0.1, 0.15) is 27.1 Å². The van der Waals surface area contributed by atoms with Gasteiger partial charge < -0.3 is 5.32 Å². The Morgan fingerprint density at radius 1 is 1.35 bits per heavy atom. The van der Waals surface area contributed by atoms with Gasteiger partial charge in [0.15, 0.2) is 5.01 Å². The number of nitrogens with zero attached hydrogens (tertiary/aromatic N) is 1. The zero-order valence-corrected chi connectivity index (χ0v) is 12.3. The monoisotopic (exact) mass is 320 g/mol. The Morgan fingerprint density at radius 3 is 2.55 bits per heavy atom. The lowest BCUT2D eigenvalue weighted by molar-refractivity contribution is -0.137. The van der Waals surface area contributed by atoms with Crippen molar-refractivity contribution in [2.45, 2.75) is 19.1 Å². The van der Waals surface area contributed by atoms with Gasteiger partial charge in [-0.15, -0.1) is 11.3 Å². The summed E-state index contributed by atoms with van der Waals surface area (Å²) in [7, 11) is 1.67. The maximum absolute atomic E-state index is 12.6. The van der Waals surface area contributed by atoms with Crippen LogP contribution in [-0.4, -0.2) is 12.0 Å². The molecule has 0 aliphatic heterocycles. The van der Waals surface area contributed by atoms with E-state index in [0.717, 1.165) is 11.1 Å². The van der Waals surface area contributed by atoms with Crippen LogP contribution < -0.4 is 5.32 Å². The Morgan fingerprint density at radius 2 is 2.05 bits per heavy atom. The molecule has 2 nitrogen and oxygen atoms in total. The standard InChI is InChI=1S/C13H12ClF3N2S/c1-7-3-4-8(9(14)5-7)11(18-2)10-6-19-12(20-10)13(15,16)17/h3-6,11,18H,1-2H3. The van der Waals surface area contributed by atoms with Gasteiger partial charge in [0.25, 0.3) is 0 Å². The van der Waals surface area contributed by atoms with Crippen LogP contribution in [0.3, 0.4) is 0 Å². The summed E-state index contributed by atoms with van der Waals surface area (Å²) in [6, 6.07) is 5.06. The van der Waals surface area contributed by atoms with E-state index in [1.807, 2.05) is 19.1 Å². The molecule has 1 atom stereocenters. The number of alkyl halides is 3. The fourth-order valence-electron chi connectivity index (χ4n) is 1.87. The average molecular weight is 321 g/mol. The fraction of sp³-hybridized carbons (Fsp3) is 0.308. The van der Waals surface area contributed by atoms with Crippen LogP contribution in [0, 0.1) is 6.92 Å². The fourth-order valence-corrected chi connectivity index (χ4v) is 3.13. The summed E-state index contributed by atoms with van der Waals surface area (Å²) in [5.74, 6) is 0. The molecule has 0 aliphatic carbocycles. The SMILES string of the molecule is CNC(c1cnc(C(F)(F)F)s1)c1ccc(C)cc1Cl. The van der Waals surface area contributed by atoms with Crippen LogP contribution in [0.5, 0.6) is 0 Å². The smallest absolute Gasteiger partial charge is 0.309 e. The molecular weight excluding hydrogens is 309 g/mol. The van der Waals surface area contributed by atoms with Gasteiger partial charge in [0, 0.05) is 16.1 Å². The summed E-state index contributed by atoms with van der Waals surface area (Å²) < 4.78 is 37.8. The van der Waals surface area contributed by atoms with Crippen molar-refractivity contribution >= 4 is 22.9 Å². The Labute approximate surface area is 123 Å². The number of aromatic nitrogens is 1. The molecule has 2 rings (SSSR count). The predicted octanol–water partition coefficient (Wildman–Crippen LogP) is 4.43. The summed E-state index contributed by atoms with van der Waals surface area (Å²) in [6.45, 7) is 1.90. The van der Waals surface area contributed by atoms with E-state index in [0.29, 0.717) is 21.2 Å². The van der Waals surface area contributed by atoms with Gasteiger partial charge >= 0.3 is 6.18 Å². The van der Waals surface area contributed by atoms with Gasteiger partial charge in [-0.3, -0.25) is 0 Å². The minimum absolute atomic E-state index is 0.406. The van der Waals surface area contributed by atoms with Crippen molar-refractivity contribution in [3.63, 3.8) is 0 Å². The third kappa shape index (κ3) is 3.13. The lowest BCUT2D eigenvalue weighted by Crippen LogP contribution is -2.17. The van der Waals surface area contributed by atoms with Gasteiger partial charge in [0.2, 0.25) is 0 Å². The van der Waals surface area contributed by atoms with Crippen molar-refractivity contribution in [3.05, 3.63) is 50.4 Å². The van der Waals surface area contributed by atoms with E-state index in [1.54, 1.807) is 13.1 Å². The number of hydrogen-bond acceptors (Lipinski definition) is 3. The highest BCUT2D eigenvalue weighted by atomic mass is 35.5. The Hall–Kier alpha value is -1.11. The minimum atomic E-state index is -4.42. The molecule has 108 valence electrons. The summed E-state index contributed by atoms with van der Waals surface area (Å²) in [4.78, 5) is 3.92. The van der Waals surface area contributed by atoms with Crippen LogP contribution >= 0.6 is 22.9 Å². The lowest BCUT2D eigenvalue weighted by atomic mass is 10.0. The van der Waals surface area contributed by atoms with E-state index in [1.165, 1.54) is 6.20 Å². The van der Waals surface area contributed by atoms with Crippen molar-refractivity contribution in [2.75, 3.05) is 7.05 Å². The third-order valence-corrected chi connectivity index (χ3v) is 4.24. The van der Waals surface area contributed by atoms with Crippen LogP contribution in [0.2, 0.25) is 5.02 Å². The molecule has 0 amide bonds. The summed E-state index contributed by atoms with van der Waals surface area (Å²) in [6.07, 6.45) is -3.18. The van der Waals surface area contributed by atoms with E-state index < -0.39 is 17.2 Å². The van der Waals surface area contributed by atoms with Gasteiger partial charge in [-0.05, 0) is 31.2 Å². The number of nitrogens with one attached hydrogen (secondary N) is 1. The zero-order chi connectivity index (χ0) is 14.9. The normalized spacial score (nSPS) is 13.5. The molecule has 0 radical (unpaired) electrons. The van der Waals surface area contributed by atoms with Gasteiger partial charge in [0.1, 0.15) is 0 Å².